The normalized spacial score (nSPS) is 17.5. The van der Waals surface area contributed by atoms with Crippen LogP contribution in [0, 0.1) is 5.92 Å². The van der Waals surface area contributed by atoms with Gasteiger partial charge in [0.05, 0.1) is 12.8 Å². The number of rotatable bonds is 8. The minimum atomic E-state index is -0.616. The number of carbonyl (C=O) groups excluding carboxylic acids is 1. The molecule has 132 valence electrons. The number of hydrogen-bond acceptors (Lipinski definition) is 6. The molecule has 0 bridgehead atoms. The fraction of sp³-hybridized carbons (Fsp3) is 0.706. The van der Waals surface area contributed by atoms with E-state index in [2.05, 4.69) is 15.3 Å². The number of aliphatic hydroxyl groups is 1. The molecule has 7 heteroatoms. The predicted molar refractivity (Wildman–Crippen MR) is 87.2 cm³/mol. The quantitative estimate of drug-likeness (QED) is 0.757. The van der Waals surface area contributed by atoms with Gasteiger partial charge in [0.2, 0.25) is 11.8 Å². The maximum Gasteiger partial charge on any atom is 0.414 e. The maximum atomic E-state index is 12.0. The van der Waals surface area contributed by atoms with Gasteiger partial charge in [0.1, 0.15) is 5.69 Å². The Kier molecular flexibility index (Phi) is 4.89. The lowest BCUT2D eigenvalue weighted by Crippen LogP contribution is -2.45. The molecule has 0 aromatic carbocycles. The van der Waals surface area contributed by atoms with Crippen molar-refractivity contribution in [3.05, 3.63) is 11.9 Å². The zero-order valence-corrected chi connectivity index (χ0v) is 14.2. The van der Waals surface area contributed by atoms with E-state index >= 15 is 0 Å². The zero-order valence-electron chi connectivity index (χ0n) is 14.2. The van der Waals surface area contributed by atoms with Crippen molar-refractivity contribution in [3.63, 3.8) is 0 Å². The Morgan fingerprint density at radius 1 is 1.38 bits per heavy atom. The molecule has 0 aliphatic heterocycles. The average Bonchev–Trinajstić information content (AvgIpc) is 3.37. The summed E-state index contributed by atoms with van der Waals surface area (Å²) in [5, 5.41) is 11.7. The first-order valence-electron chi connectivity index (χ1n) is 8.57. The lowest BCUT2D eigenvalue weighted by molar-refractivity contribution is 0.175. The fourth-order valence-electron chi connectivity index (χ4n) is 2.38. The van der Waals surface area contributed by atoms with Crippen LogP contribution in [-0.4, -0.2) is 39.9 Å². The van der Waals surface area contributed by atoms with Crippen LogP contribution >= 0.6 is 0 Å². The van der Waals surface area contributed by atoms with Gasteiger partial charge in [-0.3, -0.25) is 0 Å². The lowest BCUT2D eigenvalue weighted by Gasteiger charge is -2.24. The Balaban J connectivity index is 1.64. The molecular weight excluding hydrogens is 310 g/mol. The summed E-state index contributed by atoms with van der Waals surface area (Å²) in [4.78, 5) is 20.7. The Morgan fingerprint density at radius 3 is 2.75 bits per heavy atom. The van der Waals surface area contributed by atoms with E-state index in [1.54, 1.807) is 0 Å². The van der Waals surface area contributed by atoms with E-state index in [0.717, 1.165) is 18.5 Å². The molecule has 7 nitrogen and oxygen atoms in total. The molecule has 0 saturated heterocycles. The van der Waals surface area contributed by atoms with E-state index in [1.165, 1.54) is 19.0 Å². The first-order chi connectivity index (χ1) is 11.5. The summed E-state index contributed by atoms with van der Waals surface area (Å²) in [6.07, 6.45) is 5.89. The molecule has 0 atom stereocenters. The molecule has 24 heavy (non-hydrogen) atoms. The smallest absolute Gasteiger partial charge is 0.414 e. The van der Waals surface area contributed by atoms with E-state index in [4.69, 9.17) is 14.6 Å². The lowest BCUT2D eigenvalue weighted by atomic mass is 10.0. The van der Waals surface area contributed by atoms with Gasteiger partial charge in [0.25, 0.3) is 0 Å². The van der Waals surface area contributed by atoms with Crippen molar-refractivity contribution in [2.24, 2.45) is 5.92 Å². The summed E-state index contributed by atoms with van der Waals surface area (Å²) in [7, 11) is 0. The van der Waals surface area contributed by atoms with Crippen LogP contribution in [-0.2, 0) is 0 Å². The zero-order chi connectivity index (χ0) is 17.2. The summed E-state index contributed by atoms with van der Waals surface area (Å²) >= 11 is 0. The highest BCUT2D eigenvalue weighted by molar-refractivity contribution is 5.70. The van der Waals surface area contributed by atoms with Crippen LogP contribution in [0.15, 0.2) is 6.20 Å². The fourth-order valence-corrected chi connectivity index (χ4v) is 2.38. The van der Waals surface area contributed by atoms with E-state index in [-0.39, 0.29) is 12.5 Å². The third-order valence-electron chi connectivity index (χ3n) is 4.24. The highest BCUT2D eigenvalue weighted by Gasteiger charge is 2.31. The minimum absolute atomic E-state index is 0.0116. The van der Waals surface area contributed by atoms with Crippen LogP contribution < -0.4 is 14.8 Å². The van der Waals surface area contributed by atoms with Crippen LogP contribution in [0.4, 0.5) is 4.79 Å². The highest BCUT2D eigenvalue weighted by atomic mass is 16.6. The van der Waals surface area contributed by atoms with E-state index in [9.17, 15) is 4.79 Å². The number of amides is 1. The van der Waals surface area contributed by atoms with Gasteiger partial charge in [-0.25, -0.2) is 9.78 Å². The van der Waals surface area contributed by atoms with Crippen LogP contribution in [0.25, 0.3) is 0 Å². The second-order valence-electron chi connectivity index (χ2n) is 7.30. The largest absolute Gasteiger partial charge is 0.476 e. The topological polar surface area (TPSA) is 93.6 Å². The van der Waals surface area contributed by atoms with Crippen LogP contribution in [0.3, 0.4) is 0 Å². The number of nitrogens with zero attached hydrogens (tertiary/aromatic N) is 2. The standard InChI is InChI=1S/C17H25N3O4/c1-17(2,7-8-21)20-16(22)24-13-9-18-14(12-5-6-12)15(19-13)23-10-11-3-4-11/h9,11-12,21H,3-8,10H2,1-2H3,(H,20,22). The van der Waals surface area contributed by atoms with E-state index in [1.807, 2.05) is 13.8 Å². The number of carbonyl (C=O) groups is 1. The van der Waals surface area contributed by atoms with Crippen molar-refractivity contribution in [2.45, 2.75) is 57.4 Å². The van der Waals surface area contributed by atoms with Gasteiger partial charge in [0.15, 0.2) is 0 Å². The summed E-state index contributed by atoms with van der Waals surface area (Å²) in [6, 6.07) is 0. The molecule has 2 aliphatic rings. The van der Waals surface area contributed by atoms with Gasteiger partial charge in [-0.2, -0.15) is 4.98 Å². The van der Waals surface area contributed by atoms with E-state index in [0.29, 0.717) is 30.7 Å². The number of aromatic nitrogens is 2. The molecule has 1 aromatic heterocycles. The molecule has 1 amide bonds. The molecule has 2 N–H and O–H groups in total. The molecule has 1 heterocycles. The maximum absolute atomic E-state index is 12.0. The van der Waals surface area contributed by atoms with Gasteiger partial charge < -0.3 is 19.9 Å². The second-order valence-corrected chi connectivity index (χ2v) is 7.30. The Morgan fingerprint density at radius 2 is 2.12 bits per heavy atom. The van der Waals surface area contributed by atoms with Crippen LogP contribution in [0.2, 0.25) is 0 Å². The highest BCUT2D eigenvalue weighted by Crippen LogP contribution is 2.43. The number of hydrogen-bond donors (Lipinski definition) is 2. The average molecular weight is 335 g/mol. The van der Waals surface area contributed by atoms with Crippen molar-refractivity contribution in [1.29, 1.82) is 0 Å². The van der Waals surface area contributed by atoms with Gasteiger partial charge in [0, 0.05) is 18.1 Å². The SMILES string of the molecule is CC(C)(CCO)NC(=O)Oc1cnc(C2CC2)c(OCC2CC2)n1. The molecule has 2 saturated carbocycles. The first-order valence-corrected chi connectivity index (χ1v) is 8.57. The Hall–Kier alpha value is -1.89. The van der Waals surface area contributed by atoms with Crippen LogP contribution in [0.5, 0.6) is 11.8 Å². The van der Waals surface area contributed by atoms with Crippen molar-refractivity contribution in [2.75, 3.05) is 13.2 Å². The molecule has 2 fully saturated rings. The molecule has 0 radical (unpaired) electrons. The van der Waals surface area contributed by atoms with Crippen molar-refractivity contribution < 1.29 is 19.4 Å². The number of nitrogens with one attached hydrogen (secondary N) is 1. The van der Waals surface area contributed by atoms with Crippen molar-refractivity contribution in [3.8, 4) is 11.8 Å². The van der Waals surface area contributed by atoms with Gasteiger partial charge in [-0.15, -0.1) is 0 Å². The molecule has 0 unspecified atom stereocenters. The summed E-state index contributed by atoms with van der Waals surface area (Å²) in [6.45, 7) is 4.27. The number of ether oxygens (including phenoxy) is 2. The summed E-state index contributed by atoms with van der Waals surface area (Å²) in [5.41, 5.74) is 0.308. The summed E-state index contributed by atoms with van der Waals surface area (Å²) < 4.78 is 11.0. The van der Waals surface area contributed by atoms with Gasteiger partial charge in [-0.05, 0) is 51.9 Å². The van der Waals surface area contributed by atoms with Crippen molar-refractivity contribution in [1.82, 2.24) is 15.3 Å². The molecule has 0 spiro atoms. The molecule has 3 rings (SSSR count). The summed E-state index contributed by atoms with van der Waals surface area (Å²) in [5.74, 6) is 1.65. The first kappa shape index (κ1) is 17.0. The van der Waals surface area contributed by atoms with E-state index < -0.39 is 11.6 Å². The molecule has 2 aliphatic carbocycles. The second kappa shape index (κ2) is 6.93. The third-order valence-corrected chi connectivity index (χ3v) is 4.24. The Labute approximate surface area is 141 Å². The minimum Gasteiger partial charge on any atom is -0.476 e. The molecule has 1 aromatic rings. The van der Waals surface area contributed by atoms with Gasteiger partial charge >= 0.3 is 6.09 Å². The van der Waals surface area contributed by atoms with Crippen molar-refractivity contribution >= 4 is 6.09 Å². The predicted octanol–water partition coefficient (Wildman–Crippen LogP) is 2.39. The monoisotopic (exact) mass is 335 g/mol. The Bertz CT molecular complexity index is 597. The molecular formula is C17H25N3O4. The van der Waals surface area contributed by atoms with Crippen LogP contribution in [0.1, 0.15) is 57.6 Å². The van der Waals surface area contributed by atoms with Gasteiger partial charge in [-0.1, -0.05) is 0 Å². The third kappa shape index (κ3) is 4.80. The number of aliphatic hydroxyl groups excluding tert-OH is 1.